The number of hydrogen-bond donors (Lipinski definition) is 0. The molecule has 8 heteroatoms. The van der Waals surface area contributed by atoms with Crippen LogP contribution in [0.3, 0.4) is 0 Å². The lowest BCUT2D eigenvalue weighted by molar-refractivity contribution is -0.286. The van der Waals surface area contributed by atoms with Gasteiger partial charge in [-0.1, -0.05) is 23.7 Å². The minimum atomic E-state index is -5.67. The molecule has 0 saturated carbocycles. The Hall–Kier alpha value is -1.44. The fraction of sp³-hybridized carbons (Fsp3) is 0.364. The molecule has 0 unspecified atom stereocenters. The number of rotatable bonds is 2. The van der Waals surface area contributed by atoms with Gasteiger partial charge in [0.25, 0.3) is 5.56 Å². The Kier molecular flexibility index (Phi) is 3.16. The monoisotopic (exact) mass is 297 g/mol. The molecule has 0 aliphatic heterocycles. The lowest BCUT2D eigenvalue weighted by atomic mass is 10.2. The van der Waals surface area contributed by atoms with Crippen molar-refractivity contribution >= 4 is 21.6 Å². The van der Waals surface area contributed by atoms with Gasteiger partial charge in [-0.25, -0.2) is 0 Å². The molecular formula is C11H8F5NOS. The molecule has 0 aliphatic rings. The van der Waals surface area contributed by atoms with Crippen LogP contribution < -0.4 is 5.56 Å². The van der Waals surface area contributed by atoms with Crippen LogP contribution in [0.5, 0.6) is 0 Å². The third kappa shape index (κ3) is 2.36. The number of fused-ring (bicyclic) bond motifs is 1. The molecule has 1 aromatic carbocycles. The van der Waals surface area contributed by atoms with E-state index in [1.54, 1.807) is 19.1 Å². The summed E-state index contributed by atoms with van der Waals surface area (Å²) in [6, 6.07) is 4.62. The molecule has 19 heavy (non-hydrogen) atoms. The van der Waals surface area contributed by atoms with Gasteiger partial charge in [-0.05, 0) is 18.6 Å². The van der Waals surface area contributed by atoms with Gasteiger partial charge in [-0.3, -0.25) is 8.75 Å². The molecule has 2 aromatic rings. The molecule has 1 heterocycles. The average molecular weight is 297 g/mol. The van der Waals surface area contributed by atoms with Crippen molar-refractivity contribution in [2.24, 2.45) is 0 Å². The average Bonchev–Trinajstić information content (AvgIpc) is 2.56. The van der Waals surface area contributed by atoms with Crippen molar-refractivity contribution < 1.29 is 22.0 Å². The van der Waals surface area contributed by atoms with Crippen molar-refractivity contribution in [1.29, 1.82) is 0 Å². The second kappa shape index (κ2) is 4.29. The molecule has 0 atom stereocenters. The molecule has 0 amide bonds. The van der Waals surface area contributed by atoms with Gasteiger partial charge in [0.2, 0.25) is 0 Å². The molecule has 0 fully saturated rings. The Balaban J connectivity index is 2.51. The SMILES string of the molecule is Cc1cccc2c(=O)n(CC(F)(F)C(F)(F)F)sc12. The Morgan fingerprint density at radius 2 is 1.84 bits per heavy atom. The highest BCUT2D eigenvalue weighted by molar-refractivity contribution is 7.14. The molecule has 104 valence electrons. The van der Waals surface area contributed by atoms with E-state index in [0.717, 1.165) is 0 Å². The number of aromatic nitrogens is 1. The topological polar surface area (TPSA) is 22.0 Å². The number of halogens is 5. The molecule has 0 spiro atoms. The second-order valence-corrected chi connectivity index (χ2v) is 5.12. The highest BCUT2D eigenvalue weighted by Gasteiger charge is 2.57. The van der Waals surface area contributed by atoms with Crippen molar-refractivity contribution in [2.75, 3.05) is 0 Å². The molecule has 2 rings (SSSR count). The van der Waals surface area contributed by atoms with E-state index in [1.807, 2.05) is 0 Å². The summed E-state index contributed by atoms with van der Waals surface area (Å²) in [5.41, 5.74) is -0.165. The lowest BCUT2D eigenvalue weighted by Crippen LogP contribution is -2.41. The third-order valence-electron chi connectivity index (χ3n) is 2.63. The van der Waals surface area contributed by atoms with Gasteiger partial charge in [0.1, 0.15) is 6.54 Å². The summed E-state index contributed by atoms with van der Waals surface area (Å²) >= 11 is 0.618. The van der Waals surface area contributed by atoms with Gasteiger partial charge in [-0.15, -0.1) is 0 Å². The first-order valence-corrected chi connectivity index (χ1v) is 5.95. The van der Waals surface area contributed by atoms with Gasteiger partial charge in [-0.2, -0.15) is 22.0 Å². The van der Waals surface area contributed by atoms with E-state index in [0.29, 0.717) is 25.8 Å². The first-order valence-electron chi connectivity index (χ1n) is 5.17. The zero-order chi connectivity index (χ0) is 14.4. The molecule has 0 N–H and O–H groups in total. The zero-order valence-corrected chi connectivity index (χ0v) is 10.4. The highest BCUT2D eigenvalue weighted by atomic mass is 32.1. The molecule has 1 aromatic heterocycles. The van der Waals surface area contributed by atoms with Crippen LogP contribution in [-0.2, 0) is 6.54 Å². The Labute approximate surface area is 108 Å². The van der Waals surface area contributed by atoms with Crippen LogP contribution in [0.4, 0.5) is 22.0 Å². The number of alkyl halides is 5. The van der Waals surface area contributed by atoms with E-state index >= 15 is 0 Å². The van der Waals surface area contributed by atoms with Crippen LogP contribution in [0.25, 0.3) is 10.1 Å². The van der Waals surface area contributed by atoms with Crippen LogP contribution in [0.15, 0.2) is 23.0 Å². The van der Waals surface area contributed by atoms with Crippen molar-refractivity contribution in [1.82, 2.24) is 3.96 Å². The van der Waals surface area contributed by atoms with Crippen LogP contribution in [0, 0.1) is 6.92 Å². The quantitative estimate of drug-likeness (QED) is 0.777. The van der Waals surface area contributed by atoms with E-state index in [1.165, 1.54) is 6.07 Å². The molecule has 0 radical (unpaired) electrons. The predicted octanol–water partition coefficient (Wildman–Crippen LogP) is 3.57. The summed E-state index contributed by atoms with van der Waals surface area (Å²) < 4.78 is 63.1. The molecule has 2 nitrogen and oxygen atoms in total. The van der Waals surface area contributed by atoms with Crippen LogP contribution in [0.1, 0.15) is 5.56 Å². The molecule has 0 aliphatic carbocycles. The number of benzene rings is 1. The minimum absolute atomic E-state index is 0.156. The predicted molar refractivity (Wildman–Crippen MR) is 61.8 cm³/mol. The second-order valence-electron chi connectivity index (χ2n) is 4.09. The molecular weight excluding hydrogens is 289 g/mol. The first kappa shape index (κ1) is 14.0. The van der Waals surface area contributed by atoms with E-state index in [9.17, 15) is 26.7 Å². The highest BCUT2D eigenvalue weighted by Crippen LogP contribution is 2.37. The van der Waals surface area contributed by atoms with Gasteiger partial charge < -0.3 is 0 Å². The normalized spacial score (nSPS) is 13.2. The Morgan fingerprint density at radius 3 is 2.37 bits per heavy atom. The largest absolute Gasteiger partial charge is 0.455 e. The van der Waals surface area contributed by atoms with E-state index in [-0.39, 0.29) is 5.39 Å². The summed E-state index contributed by atoms with van der Waals surface area (Å²) in [4.78, 5) is 11.8. The summed E-state index contributed by atoms with van der Waals surface area (Å²) in [5, 5.41) is 0.156. The fourth-order valence-electron chi connectivity index (χ4n) is 1.60. The third-order valence-corrected chi connectivity index (χ3v) is 3.87. The van der Waals surface area contributed by atoms with Crippen molar-refractivity contribution in [2.45, 2.75) is 25.6 Å². The number of hydrogen-bond acceptors (Lipinski definition) is 2. The number of nitrogens with zero attached hydrogens (tertiary/aromatic N) is 1. The summed E-state index contributed by atoms with van der Waals surface area (Å²) in [6.45, 7) is -0.0291. The van der Waals surface area contributed by atoms with Gasteiger partial charge >= 0.3 is 12.1 Å². The van der Waals surface area contributed by atoms with Gasteiger partial charge in [0, 0.05) is 0 Å². The van der Waals surface area contributed by atoms with Crippen molar-refractivity contribution in [3.8, 4) is 0 Å². The van der Waals surface area contributed by atoms with Crippen molar-refractivity contribution in [3.63, 3.8) is 0 Å². The van der Waals surface area contributed by atoms with Crippen molar-refractivity contribution in [3.05, 3.63) is 34.1 Å². The fourth-order valence-corrected chi connectivity index (χ4v) is 2.70. The van der Waals surface area contributed by atoms with E-state index < -0.39 is 24.2 Å². The lowest BCUT2D eigenvalue weighted by Gasteiger charge is -2.18. The van der Waals surface area contributed by atoms with Gasteiger partial charge in [0.15, 0.2) is 0 Å². The summed E-state index contributed by atoms with van der Waals surface area (Å²) in [5.74, 6) is -4.92. The van der Waals surface area contributed by atoms with E-state index in [4.69, 9.17) is 0 Å². The molecule has 0 bridgehead atoms. The van der Waals surface area contributed by atoms with Crippen LogP contribution >= 0.6 is 11.5 Å². The minimum Gasteiger partial charge on any atom is -0.268 e. The smallest absolute Gasteiger partial charge is 0.268 e. The van der Waals surface area contributed by atoms with E-state index in [2.05, 4.69) is 0 Å². The zero-order valence-electron chi connectivity index (χ0n) is 9.59. The first-order chi connectivity index (χ1) is 8.63. The maximum Gasteiger partial charge on any atom is 0.455 e. The number of aryl methyl sites for hydroxylation is 1. The summed E-state index contributed by atoms with van der Waals surface area (Å²) in [6.07, 6.45) is -5.67. The van der Waals surface area contributed by atoms with Crippen LogP contribution in [0.2, 0.25) is 0 Å². The Bertz CT molecular complexity index is 670. The maximum atomic E-state index is 12.9. The maximum absolute atomic E-state index is 12.9. The molecule has 0 saturated heterocycles. The van der Waals surface area contributed by atoms with Crippen LogP contribution in [-0.4, -0.2) is 16.1 Å². The Morgan fingerprint density at radius 1 is 1.21 bits per heavy atom. The standard InChI is InChI=1S/C11H8F5NOS/c1-6-3-2-4-7-8(6)19-17(9(7)18)5-10(12,13)11(14,15)16/h2-4H,5H2,1H3. The van der Waals surface area contributed by atoms with Gasteiger partial charge in [0.05, 0.1) is 10.1 Å². The summed E-state index contributed by atoms with van der Waals surface area (Å²) in [7, 11) is 0.